The van der Waals surface area contributed by atoms with E-state index in [9.17, 15) is 0 Å². The molecule has 1 saturated carbocycles. The van der Waals surface area contributed by atoms with Crippen LogP contribution in [-0.2, 0) is 4.74 Å². The zero-order chi connectivity index (χ0) is 11.9. The summed E-state index contributed by atoms with van der Waals surface area (Å²) < 4.78 is 6.15. The Morgan fingerprint density at radius 2 is 1.94 bits per heavy atom. The van der Waals surface area contributed by atoms with E-state index in [4.69, 9.17) is 4.74 Å². The third-order valence-electron chi connectivity index (χ3n) is 3.82. The second kappa shape index (κ2) is 7.29. The van der Waals surface area contributed by atoms with Crippen LogP contribution in [0, 0.1) is 5.92 Å². The van der Waals surface area contributed by atoms with E-state index in [1.165, 1.54) is 32.1 Å². The summed E-state index contributed by atoms with van der Waals surface area (Å²) in [4.78, 5) is 0. The molecule has 1 aliphatic rings. The number of hydrogen-bond donors (Lipinski definition) is 1. The van der Waals surface area contributed by atoms with Gasteiger partial charge in [-0.15, -0.1) is 0 Å². The van der Waals surface area contributed by atoms with Gasteiger partial charge in [-0.3, -0.25) is 0 Å². The summed E-state index contributed by atoms with van der Waals surface area (Å²) >= 11 is 0. The molecule has 0 aliphatic heterocycles. The summed E-state index contributed by atoms with van der Waals surface area (Å²) in [5, 5.41) is 3.48. The van der Waals surface area contributed by atoms with Gasteiger partial charge in [0.15, 0.2) is 0 Å². The lowest BCUT2D eigenvalue weighted by Gasteiger charge is -2.30. The van der Waals surface area contributed by atoms with E-state index in [2.05, 4.69) is 26.1 Å². The summed E-state index contributed by atoms with van der Waals surface area (Å²) in [6.45, 7) is 9.73. The molecule has 1 unspecified atom stereocenters. The highest BCUT2D eigenvalue weighted by atomic mass is 16.5. The Morgan fingerprint density at radius 1 is 1.25 bits per heavy atom. The highest BCUT2D eigenvalue weighted by molar-refractivity contribution is 4.78. The van der Waals surface area contributed by atoms with Gasteiger partial charge in [0.05, 0.1) is 12.2 Å². The van der Waals surface area contributed by atoms with Crippen LogP contribution in [0.1, 0.15) is 59.3 Å². The summed E-state index contributed by atoms with van der Waals surface area (Å²) in [5.41, 5.74) is 0.0394. The number of rotatable bonds is 8. The zero-order valence-electron chi connectivity index (χ0n) is 11.3. The second-order valence-electron chi connectivity index (χ2n) is 5.44. The molecule has 0 aromatic carbocycles. The maximum atomic E-state index is 6.15. The zero-order valence-corrected chi connectivity index (χ0v) is 11.3. The Morgan fingerprint density at radius 3 is 2.50 bits per heavy atom. The van der Waals surface area contributed by atoms with Crippen molar-refractivity contribution in [3.63, 3.8) is 0 Å². The molecule has 1 atom stereocenters. The van der Waals surface area contributed by atoms with Crippen LogP contribution in [0.4, 0.5) is 0 Å². The van der Waals surface area contributed by atoms with Gasteiger partial charge in [-0.25, -0.2) is 0 Å². The van der Waals surface area contributed by atoms with Crippen molar-refractivity contribution >= 4 is 0 Å². The van der Waals surface area contributed by atoms with Gasteiger partial charge < -0.3 is 10.1 Å². The van der Waals surface area contributed by atoms with Crippen molar-refractivity contribution in [2.75, 3.05) is 19.7 Å². The molecule has 0 spiro atoms. The predicted octanol–water partition coefficient (Wildman–Crippen LogP) is 3.36. The Balaban J connectivity index is 2.21. The first kappa shape index (κ1) is 14.0. The molecule has 2 heteroatoms. The highest BCUT2D eigenvalue weighted by Gasteiger charge is 2.25. The molecule has 0 aromatic heterocycles. The molecule has 2 nitrogen and oxygen atoms in total. The third kappa shape index (κ3) is 4.84. The molecule has 0 aromatic rings. The van der Waals surface area contributed by atoms with E-state index in [-0.39, 0.29) is 5.60 Å². The Kier molecular flexibility index (Phi) is 6.37. The first-order valence-corrected chi connectivity index (χ1v) is 7.05. The van der Waals surface area contributed by atoms with Crippen LogP contribution in [0.15, 0.2) is 0 Å². The summed E-state index contributed by atoms with van der Waals surface area (Å²) in [6, 6.07) is 0. The first-order valence-electron chi connectivity index (χ1n) is 7.05. The van der Waals surface area contributed by atoms with Crippen LogP contribution in [0.25, 0.3) is 0 Å². The predicted molar refractivity (Wildman–Crippen MR) is 69.8 cm³/mol. The van der Waals surface area contributed by atoms with E-state index >= 15 is 0 Å². The van der Waals surface area contributed by atoms with E-state index in [0.29, 0.717) is 0 Å². The number of nitrogens with one attached hydrogen (secondary N) is 1. The maximum Gasteiger partial charge on any atom is 0.0775 e. The van der Waals surface area contributed by atoms with E-state index in [0.717, 1.165) is 32.0 Å². The molecule has 1 fully saturated rings. The molecule has 0 amide bonds. The molecule has 96 valence electrons. The summed E-state index contributed by atoms with van der Waals surface area (Å²) in [6.07, 6.45) is 7.86. The largest absolute Gasteiger partial charge is 0.374 e. The molecule has 0 radical (unpaired) electrons. The Bertz CT molecular complexity index is 178. The van der Waals surface area contributed by atoms with Gasteiger partial charge in [0.2, 0.25) is 0 Å². The van der Waals surface area contributed by atoms with Crippen molar-refractivity contribution < 1.29 is 4.74 Å². The van der Waals surface area contributed by atoms with Crippen molar-refractivity contribution in [3.8, 4) is 0 Å². The van der Waals surface area contributed by atoms with Gasteiger partial charge in [0.25, 0.3) is 0 Å². The monoisotopic (exact) mass is 227 g/mol. The van der Waals surface area contributed by atoms with Crippen molar-refractivity contribution in [1.82, 2.24) is 5.32 Å². The molecule has 0 saturated heterocycles. The fourth-order valence-electron chi connectivity index (χ4n) is 2.30. The molecular weight excluding hydrogens is 198 g/mol. The lowest BCUT2D eigenvalue weighted by molar-refractivity contribution is -0.0484. The van der Waals surface area contributed by atoms with Crippen LogP contribution < -0.4 is 5.32 Å². The molecule has 1 N–H and O–H groups in total. The van der Waals surface area contributed by atoms with Crippen molar-refractivity contribution in [3.05, 3.63) is 0 Å². The molecule has 1 aliphatic carbocycles. The molecule has 1 rings (SSSR count). The minimum absolute atomic E-state index is 0.0394. The second-order valence-corrected chi connectivity index (χ2v) is 5.44. The van der Waals surface area contributed by atoms with Crippen molar-refractivity contribution in [2.45, 2.75) is 64.9 Å². The van der Waals surface area contributed by atoms with Gasteiger partial charge in [-0.05, 0) is 45.1 Å². The third-order valence-corrected chi connectivity index (χ3v) is 3.82. The van der Waals surface area contributed by atoms with Gasteiger partial charge in [0.1, 0.15) is 0 Å². The minimum Gasteiger partial charge on any atom is -0.374 e. The van der Waals surface area contributed by atoms with Crippen molar-refractivity contribution in [1.29, 1.82) is 0 Å². The normalized spacial score (nSPS) is 21.2. The molecule has 0 bridgehead atoms. The average Bonchev–Trinajstić information content (AvgIpc) is 2.80. The average molecular weight is 227 g/mol. The Hall–Kier alpha value is -0.0800. The van der Waals surface area contributed by atoms with Gasteiger partial charge in [0, 0.05) is 6.54 Å². The van der Waals surface area contributed by atoms with Crippen LogP contribution in [0.5, 0.6) is 0 Å². The molecule has 16 heavy (non-hydrogen) atoms. The maximum absolute atomic E-state index is 6.15. The van der Waals surface area contributed by atoms with Crippen molar-refractivity contribution in [2.24, 2.45) is 5.92 Å². The van der Waals surface area contributed by atoms with E-state index in [1.54, 1.807) is 0 Å². The van der Waals surface area contributed by atoms with Crippen LogP contribution in [0.2, 0.25) is 0 Å². The van der Waals surface area contributed by atoms with Gasteiger partial charge in [-0.1, -0.05) is 26.7 Å². The van der Waals surface area contributed by atoms with Crippen LogP contribution >= 0.6 is 0 Å². The topological polar surface area (TPSA) is 21.3 Å². The van der Waals surface area contributed by atoms with E-state index < -0.39 is 0 Å². The lowest BCUT2D eigenvalue weighted by atomic mass is 10.0. The van der Waals surface area contributed by atoms with Gasteiger partial charge >= 0.3 is 0 Å². The SMILES string of the molecule is CCCNCC(C)(CC)OCC1CCCC1. The molecular formula is C14H29NO. The van der Waals surface area contributed by atoms with Crippen LogP contribution in [-0.4, -0.2) is 25.3 Å². The van der Waals surface area contributed by atoms with E-state index in [1.807, 2.05) is 0 Å². The number of hydrogen-bond acceptors (Lipinski definition) is 2. The standard InChI is InChI=1S/C14H29NO/c1-4-10-15-12-14(3,5-2)16-11-13-8-6-7-9-13/h13,15H,4-12H2,1-3H3. The Labute approximate surface area is 101 Å². The molecule has 0 heterocycles. The fraction of sp³-hybridized carbons (Fsp3) is 1.00. The summed E-state index contributed by atoms with van der Waals surface area (Å²) in [5.74, 6) is 0.831. The summed E-state index contributed by atoms with van der Waals surface area (Å²) in [7, 11) is 0. The smallest absolute Gasteiger partial charge is 0.0775 e. The first-order chi connectivity index (χ1) is 7.70. The number of ether oxygens (including phenoxy) is 1. The van der Waals surface area contributed by atoms with Crippen LogP contribution in [0.3, 0.4) is 0 Å². The minimum atomic E-state index is 0.0394. The quantitative estimate of drug-likeness (QED) is 0.642. The fourth-order valence-corrected chi connectivity index (χ4v) is 2.30. The van der Waals surface area contributed by atoms with Gasteiger partial charge in [-0.2, -0.15) is 0 Å². The lowest BCUT2D eigenvalue weighted by Crippen LogP contribution is -2.41. The highest BCUT2D eigenvalue weighted by Crippen LogP contribution is 2.27.